The lowest BCUT2D eigenvalue weighted by molar-refractivity contribution is 0.0942. The summed E-state index contributed by atoms with van der Waals surface area (Å²) >= 11 is 0. The van der Waals surface area contributed by atoms with Crippen LogP contribution in [0, 0.1) is 0 Å². The maximum atomic E-state index is 8.65. The zero-order valence-electron chi connectivity index (χ0n) is 7.79. The van der Waals surface area contributed by atoms with E-state index in [9.17, 15) is 0 Å². The highest BCUT2D eigenvalue weighted by Crippen LogP contribution is 1.98. The van der Waals surface area contributed by atoms with E-state index in [2.05, 4.69) is 15.3 Å². The van der Waals surface area contributed by atoms with Gasteiger partial charge in [0.05, 0.1) is 0 Å². The fourth-order valence-electron chi connectivity index (χ4n) is 1.49. The zero-order valence-corrected chi connectivity index (χ0v) is 7.79. The topological polar surface area (TPSA) is 38.7 Å². The van der Waals surface area contributed by atoms with Gasteiger partial charge < -0.3 is 10.0 Å². The van der Waals surface area contributed by atoms with Gasteiger partial charge in [-0.15, -0.1) is 0 Å². The summed E-state index contributed by atoms with van der Waals surface area (Å²) in [5, 5.41) is 10.9. The Kier molecular flexibility index (Phi) is 4.53. The molecule has 0 aliphatic carbocycles. The van der Waals surface area contributed by atoms with Crippen LogP contribution in [0.15, 0.2) is 0 Å². The Hall–Kier alpha value is -0.160. The summed E-state index contributed by atoms with van der Waals surface area (Å²) in [6.45, 7) is 5.74. The van der Waals surface area contributed by atoms with Crippen molar-refractivity contribution < 1.29 is 5.11 Å². The van der Waals surface area contributed by atoms with Gasteiger partial charge in [0.1, 0.15) is 0 Å². The van der Waals surface area contributed by atoms with Crippen LogP contribution in [0.2, 0.25) is 0 Å². The van der Waals surface area contributed by atoms with Crippen molar-refractivity contribution in [3.8, 4) is 0 Å². The van der Waals surface area contributed by atoms with E-state index in [0.29, 0.717) is 6.61 Å². The van der Waals surface area contributed by atoms with Gasteiger partial charge in [0.2, 0.25) is 0 Å². The fraction of sp³-hybridized carbons (Fsp3) is 1.00. The molecule has 2 N–H and O–H groups in total. The second-order valence-corrected chi connectivity index (χ2v) is 3.13. The van der Waals surface area contributed by atoms with E-state index in [1.165, 1.54) is 0 Å². The molecule has 1 aliphatic rings. The van der Waals surface area contributed by atoms with Crippen LogP contribution < -0.4 is 5.43 Å². The molecule has 0 atom stereocenters. The van der Waals surface area contributed by atoms with E-state index < -0.39 is 0 Å². The van der Waals surface area contributed by atoms with E-state index >= 15 is 0 Å². The van der Waals surface area contributed by atoms with Gasteiger partial charge in [-0.2, -0.15) is 0 Å². The van der Waals surface area contributed by atoms with Gasteiger partial charge in [0, 0.05) is 39.3 Å². The molecule has 0 radical (unpaired) electrons. The molecule has 1 aliphatic heterocycles. The van der Waals surface area contributed by atoms with Crippen LogP contribution in [-0.2, 0) is 0 Å². The standard InChI is InChI=1S/C8H19N3O/c1-9-11-6-4-10(5-7-11)3-2-8-12/h9,12H,2-8H2,1H3. The molecule has 1 heterocycles. The maximum Gasteiger partial charge on any atom is 0.0443 e. The fourth-order valence-corrected chi connectivity index (χ4v) is 1.49. The summed E-state index contributed by atoms with van der Waals surface area (Å²) in [5.74, 6) is 0. The van der Waals surface area contributed by atoms with E-state index in [-0.39, 0.29) is 0 Å². The summed E-state index contributed by atoms with van der Waals surface area (Å²) in [7, 11) is 1.96. The summed E-state index contributed by atoms with van der Waals surface area (Å²) < 4.78 is 0. The minimum atomic E-state index is 0.312. The van der Waals surface area contributed by atoms with Crippen molar-refractivity contribution in [2.45, 2.75) is 6.42 Å². The molecule has 0 aromatic heterocycles. The number of aliphatic hydroxyl groups excluding tert-OH is 1. The third-order valence-electron chi connectivity index (χ3n) is 2.32. The van der Waals surface area contributed by atoms with Crippen molar-refractivity contribution in [3.05, 3.63) is 0 Å². The highest BCUT2D eigenvalue weighted by Gasteiger charge is 2.14. The predicted octanol–water partition coefficient (Wildman–Crippen LogP) is -0.879. The first-order valence-corrected chi connectivity index (χ1v) is 4.62. The summed E-state index contributed by atoms with van der Waals surface area (Å²) in [4.78, 5) is 2.39. The van der Waals surface area contributed by atoms with Gasteiger partial charge in [-0.05, 0) is 13.5 Å². The molecule has 12 heavy (non-hydrogen) atoms. The first-order chi connectivity index (χ1) is 5.86. The summed E-state index contributed by atoms with van der Waals surface area (Å²) in [6.07, 6.45) is 0.902. The molecule has 0 spiro atoms. The number of hydrogen-bond acceptors (Lipinski definition) is 4. The maximum absolute atomic E-state index is 8.65. The highest BCUT2D eigenvalue weighted by molar-refractivity contribution is 4.68. The van der Waals surface area contributed by atoms with E-state index in [0.717, 1.165) is 39.1 Å². The van der Waals surface area contributed by atoms with Crippen LogP contribution >= 0.6 is 0 Å². The molecule has 1 saturated heterocycles. The highest BCUT2D eigenvalue weighted by atomic mass is 16.3. The Labute approximate surface area is 74.1 Å². The summed E-state index contributed by atoms with van der Waals surface area (Å²) in [6, 6.07) is 0. The van der Waals surface area contributed by atoms with Gasteiger partial charge in [-0.3, -0.25) is 5.43 Å². The number of aliphatic hydroxyl groups is 1. The normalized spacial score (nSPS) is 21.5. The van der Waals surface area contributed by atoms with Crippen molar-refractivity contribution in [1.29, 1.82) is 0 Å². The van der Waals surface area contributed by atoms with Gasteiger partial charge in [-0.1, -0.05) is 0 Å². The average Bonchev–Trinajstić information content (AvgIpc) is 2.15. The van der Waals surface area contributed by atoms with Crippen LogP contribution in [-0.4, -0.2) is 61.4 Å². The first-order valence-electron chi connectivity index (χ1n) is 4.62. The van der Waals surface area contributed by atoms with E-state index in [1.807, 2.05) is 7.05 Å². The second-order valence-electron chi connectivity index (χ2n) is 3.13. The molecule has 1 fully saturated rings. The van der Waals surface area contributed by atoms with Crippen LogP contribution in [0.25, 0.3) is 0 Å². The quantitative estimate of drug-likeness (QED) is 0.579. The predicted molar refractivity (Wildman–Crippen MR) is 48.8 cm³/mol. The monoisotopic (exact) mass is 173 g/mol. The summed E-state index contributed by atoms with van der Waals surface area (Å²) in [5.41, 5.74) is 3.14. The van der Waals surface area contributed by atoms with Gasteiger partial charge >= 0.3 is 0 Å². The van der Waals surface area contributed by atoms with E-state index in [4.69, 9.17) is 5.11 Å². The lowest BCUT2D eigenvalue weighted by Crippen LogP contribution is -2.50. The Morgan fingerprint density at radius 2 is 1.92 bits per heavy atom. The van der Waals surface area contributed by atoms with Crippen LogP contribution in [0.5, 0.6) is 0 Å². The van der Waals surface area contributed by atoms with E-state index in [1.54, 1.807) is 0 Å². The Morgan fingerprint density at radius 3 is 2.42 bits per heavy atom. The molecule has 0 aromatic rings. The van der Waals surface area contributed by atoms with Crippen molar-refractivity contribution >= 4 is 0 Å². The zero-order chi connectivity index (χ0) is 8.81. The molecule has 0 amide bonds. The molecule has 0 bridgehead atoms. The lowest BCUT2D eigenvalue weighted by atomic mass is 10.3. The van der Waals surface area contributed by atoms with Crippen LogP contribution in [0.4, 0.5) is 0 Å². The number of nitrogens with one attached hydrogen (secondary N) is 1. The SMILES string of the molecule is CNN1CCN(CCCO)CC1. The largest absolute Gasteiger partial charge is 0.396 e. The molecular formula is C8H19N3O. The Bertz CT molecular complexity index is 113. The smallest absolute Gasteiger partial charge is 0.0443 e. The van der Waals surface area contributed by atoms with Crippen molar-refractivity contribution in [2.75, 3.05) is 46.4 Å². The van der Waals surface area contributed by atoms with Gasteiger partial charge in [-0.25, -0.2) is 5.01 Å². The molecule has 0 saturated carbocycles. The van der Waals surface area contributed by atoms with Crippen molar-refractivity contribution in [1.82, 2.24) is 15.3 Å². The molecular weight excluding hydrogens is 154 g/mol. The third kappa shape index (κ3) is 3.06. The van der Waals surface area contributed by atoms with Crippen LogP contribution in [0.1, 0.15) is 6.42 Å². The van der Waals surface area contributed by atoms with Crippen molar-refractivity contribution in [3.63, 3.8) is 0 Å². The first kappa shape index (κ1) is 9.92. The number of nitrogens with zero attached hydrogens (tertiary/aromatic N) is 2. The number of rotatable bonds is 4. The Balaban J connectivity index is 2.09. The average molecular weight is 173 g/mol. The molecule has 0 aromatic carbocycles. The van der Waals surface area contributed by atoms with Crippen molar-refractivity contribution in [2.24, 2.45) is 0 Å². The number of piperazine rings is 1. The van der Waals surface area contributed by atoms with Crippen LogP contribution in [0.3, 0.4) is 0 Å². The molecule has 4 nitrogen and oxygen atoms in total. The minimum absolute atomic E-state index is 0.312. The van der Waals surface area contributed by atoms with Gasteiger partial charge in [0.15, 0.2) is 0 Å². The minimum Gasteiger partial charge on any atom is -0.396 e. The third-order valence-corrected chi connectivity index (χ3v) is 2.32. The molecule has 72 valence electrons. The van der Waals surface area contributed by atoms with Gasteiger partial charge in [0.25, 0.3) is 0 Å². The second kappa shape index (κ2) is 5.48. The molecule has 1 rings (SSSR count). The lowest BCUT2D eigenvalue weighted by Gasteiger charge is -2.33. The Morgan fingerprint density at radius 1 is 1.25 bits per heavy atom. The number of hydrazine groups is 1. The molecule has 0 unspecified atom stereocenters. The molecule has 4 heteroatoms. The number of hydrogen-bond donors (Lipinski definition) is 2.